The van der Waals surface area contributed by atoms with Crippen LogP contribution in [0.3, 0.4) is 0 Å². The molecule has 2 rings (SSSR count). The van der Waals surface area contributed by atoms with Crippen LogP contribution in [0, 0.1) is 0 Å². The first-order valence-electron chi connectivity index (χ1n) is 5.43. The summed E-state index contributed by atoms with van der Waals surface area (Å²) in [6.07, 6.45) is 2.21. The number of benzene rings is 1. The molecule has 1 aromatic rings. The fourth-order valence-electron chi connectivity index (χ4n) is 2.38. The van der Waals surface area contributed by atoms with Crippen LogP contribution >= 0.6 is 11.6 Å². The molecule has 1 aliphatic heterocycles. The fourth-order valence-corrected chi connectivity index (χ4v) is 2.71. The number of nitrogens with zero attached hydrogens (tertiary/aromatic N) is 1. The Kier molecular flexibility index (Phi) is 3.17. The van der Waals surface area contributed by atoms with Crippen LogP contribution in [-0.2, 0) is 0 Å². The van der Waals surface area contributed by atoms with Gasteiger partial charge in [-0.25, -0.2) is 0 Å². The summed E-state index contributed by atoms with van der Waals surface area (Å²) >= 11 is 6.25. The molecule has 0 saturated heterocycles. The van der Waals surface area contributed by atoms with E-state index in [0.717, 1.165) is 31.0 Å². The molecular weight excluding hydrogens is 208 g/mol. The minimum atomic E-state index is 0.558. The van der Waals surface area contributed by atoms with Crippen LogP contribution in [0.5, 0.6) is 0 Å². The molecule has 2 nitrogen and oxygen atoms in total. The molecule has 1 aromatic carbocycles. The second-order valence-corrected chi connectivity index (χ2v) is 4.59. The van der Waals surface area contributed by atoms with Gasteiger partial charge in [-0.3, -0.25) is 0 Å². The summed E-state index contributed by atoms with van der Waals surface area (Å²) in [4.78, 5) is 2.28. The van der Waals surface area contributed by atoms with Crippen LogP contribution in [0.25, 0.3) is 0 Å². The number of fused-ring (bicyclic) bond motifs is 1. The van der Waals surface area contributed by atoms with Gasteiger partial charge in [-0.15, -0.1) is 0 Å². The molecule has 0 amide bonds. The van der Waals surface area contributed by atoms with Crippen molar-refractivity contribution in [1.82, 2.24) is 0 Å². The van der Waals surface area contributed by atoms with Crippen molar-refractivity contribution in [2.45, 2.75) is 18.8 Å². The highest BCUT2D eigenvalue weighted by Gasteiger charge is 2.27. The molecule has 0 aliphatic carbocycles. The maximum atomic E-state index is 6.25. The average molecular weight is 225 g/mol. The molecule has 82 valence electrons. The molecule has 1 heterocycles. The second kappa shape index (κ2) is 4.42. The normalized spacial score (nSPS) is 19.4. The first-order chi connectivity index (χ1) is 7.24. The van der Waals surface area contributed by atoms with Crippen molar-refractivity contribution in [1.29, 1.82) is 0 Å². The van der Waals surface area contributed by atoms with Crippen molar-refractivity contribution in [3.05, 3.63) is 28.8 Å². The minimum absolute atomic E-state index is 0.558. The van der Waals surface area contributed by atoms with Gasteiger partial charge in [-0.05, 0) is 37.1 Å². The van der Waals surface area contributed by atoms with Crippen molar-refractivity contribution in [2.24, 2.45) is 5.73 Å². The van der Waals surface area contributed by atoms with Crippen LogP contribution in [0.1, 0.15) is 24.3 Å². The van der Waals surface area contributed by atoms with Gasteiger partial charge in [0.2, 0.25) is 0 Å². The van der Waals surface area contributed by atoms with E-state index in [-0.39, 0.29) is 0 Å². The number of halogens is 1. The van der Waals surface area contributed by atoms with Gasteiger partial charge < -0.3 is 10.6 Å². The van der Waals surface area contributed by atoms with E-state index in [9.17, 15) is 0 Å². The topological polar surface area (TPSA) is 29.3 Å². The Morgan fingerprint density at radius 2 is 2.33 bits per heavy atom. The van der Waals surface area contributed by atoms with Crippen molar-refractivity contribution < 1.29 is 0 Å². The molecule has 0 bridgehead atoms. The summed E-state index contributed by atoms with van der Waals surface area (Å²) in [6, 6.07) is 6.14. The Morgan fingerprint density at radius 3 is 3.07 bits per heavy atom. The lowest BCUT2D eigenvalue weighted by Gasteiger charge is -2.12. The van der Waals surface area contributed by atoms with Crippen LogP contribution in [-0.4, -0.2) is 20.1 Å². The van der Waals surface area contributed by atoms with Gasteiger partial charge in [0.15, 0.2) is 0 Å². The molecular formula is C12H17ClN2. The van der Waals surface area contributed by atoms with Gasteiger partial charge in [0.1, 0.15) is 0 Å². The predicted molar refractivity (Wildman–Crippen MR) is 65.8 cm³/mol. The van der Waals surface area contributed by atoms with Crippen LogP contribution in [0.15, 0.2) is 18.2 Å². The highest BCUT2D eigenvalue weighted by Crippen LogP contribution is 2.41. The minimum Gasteiger partial charge on any atom is -0.374 e. The molecule has 1 atom stereocenters. The lowest BCUT2D eigenvalue weighted by Crippen LogP contribution is -2.15. The summed E-state index contributed by atoms with van der Waals surface area (Å²) in [5.74, 6) is 0.558. The Balaban J connectivity index is 2.27. The van der Waals surface area contributed by atoms with E-state index >= 15 is 0 Å². The highest BCUT2D eigenvalue weighted by molar-refractivity contribution is 6.32. The summed E-state index contributed by atoms with van der Waals surface area (Å²) in [5.41, 5.74) is 8.15. The van der Waals surface area contributed by atoms with E-state index in [1.54, 1.807) is 0 Å². The van der Waals surface area contributed by atoms with Crippen molar-refractivity contribution in [2.75, 3.05) is 25.0 Å². The first-order valence-corrected chi connectivity index (χ1v) is 5.81. The number of hydrogen-bond donors (Lipinski definition) is 1. The Morgan fingerprint density at radius 1 is 1.53 bits per heavy atom. The number of likely N-dealkylation sites (N-methyl/N-ethyl adjacent to an activating group) is 1. The Hall–Kier alpha value is -0.730. The zero-order chi connectivity index (χ0) is 10.8. The standard InChI is InChI=1S/C12H17ClN2/c1-15-8-9(4-3-7-14)12-10(13)5-2-6-11(12)15/h2,5-6,9H,3-4,7-8,14H2,1H3. The molecule has 15 heavy (non-hydrogen) atoms. The lowest BCUT2D eigenvalue weighted by molar-refractivity contribution is 0.621. The van der Waals surface area contributed by atoms with E-state index in [2.05, 4.69) is 18.0 Å². The number of rotatable bonds is 3. The molecule has 0 radical (unpaired) electrons. The van der Waals surface area contributed by atoms with Gasteiger partial charge in [0.05, 0.1) is 0 Å². The largest absolute Gasteiger partial charge is 0.374 e. The summed E-state index contributed by atoms with van der Waals surface area (Å²) in [6.45, 7) is 1.83. The fraction of sp³-hybridized carbons (Fsp3) is 0.500. The van der Waals surface area contributed by atoms with Crippen LogP contribution < -0.4 is 10.6 Å². The maximum Gasteiger partial charge on any atom is 0.0462 e. The van der Waals surface area contributed by atoms with Crippen LogP contribution in [0.2, 0.25) is 5.02 Å². The third-order valence-corrected chi connectivity index (χ3v) is 3.43. The maximum absolute atomic E-state index is 6.25. The third-order valence-electron chi connectivity index (χ3n) is 3.10. The average Bonchev–Trinajstić information content (AvgIpc) is 2.55. The monoisotopic (exact) mass is 224 g/mol. The number of hydrogen-bond acceptors (Lipinski definition) is 2. The van der Waals surface area contributed by atoms with Gasteiger partial charge in [0, 0.05) is 30.2 Å². The first kappa shape index (κ1) is 10.8. The van der Waals surface area contributed by atoms with Crippen molar-refractivity contribution in [3.8, 4) is 0 Å². The van der Waals surface area contributed by atoms with E-state index in [4.69, 9.17) is 17.3 Å². The van der Waals surface area contributed by atoms with Crippen molar-refractivity contribution in [3.63, 3.8) is 0 Å². The molecule has 0 aromatic heterocycles. The molecule has 0 spiro atoms. The SMILES string of the molecule is CN1CC(CCCN)c2c(Cl)cccc21. The zero-order valence-corrected chi connectivity index (χ0v) is 9.80. The van der Waals surface area contributed by atoms with Crippen molar-refractivity contribution >= 4 is 17.3 Å². The summed E-state index contributed by atoms with van der Waals surface area (Å²) < 4.78 is 0. The van der Waals surface area contributed by atoms with Crippen LogP contribution in [0.4, 0.5) is 5.69 Å². The molecule has 0 fully saturated rings. The smallest absolute Gasteiger partial charge is 0.0462 e. The Bertz CT molecular complexity index is 351. The zero-order valence-electron chi connectivity index (χ0n) is 9.04. The van der Waals surface area contributed by atoms with E-state index in [0.29, 0.717) is 5.92 Å². The number of anilines is 1. The quantitative estimate of drug-likeness (QED) is 0.855. The highest BCUT2D eigenvalue weighted by atomic mass is 35.5. The molecule has 1 unspecified atom stereocenters. The predicted octanol–water partition coefficient (Wildman–Crippen LogP) is 2.61. The Labute approximate surface area is 96.0 Å². The van der Waals surface area contributed by atoms with Gasteiger partial charge in [-0.1, -0.05) is 17.7 Å². The third kappa shape index (κ3) is 1.97. The number of nitrogens with two attached hydrogens (primary N) is 1. The van der Waals surface area contributed by atoms with E-state index in [1.165, 1.54) is 11.3 Å². The van der Waals surface area contributed by atoms with E-state index < -0.39 is 0 Å². The molecule has 2 N–H and O–H groups in total. The van der Waals surface area contributed by atoms with Gasteiger partial charge >= 0.3 is 0 Å². The van der Waals surface area contributed by atoms with E-state index in [1.807, 2.05) is 12.1 Å². The van der Waals surface area contributed by atoms with Gasteiger partial charge in [0.25, 0.3) is 0 Å². The molecule has 3 heteroatoms. The molecule has 1 aliphatic rings. The summed E-state index contributed by atoms with van der Waals surface area (Å²) in [7, 11) is 2.12. The lowest BCUT2D eigenvalue weighted by atomic mass is 9.96. The second-order valence-electron chi connectivity index (χ2n) is 4.18. The van der Waals surface area contributed by atoms with Gasteiger partial charge in [-0.2, -0.15) is 0 Å². The molecule has 0 saturated carbocycles. The summed E-state index contributed by atoms with van der Waals surface area (Å²) in [5, 5.41) is 0.902.